The first-order valence-corrected chi connectivity index (χ1v) is 7.83. The summed E-state index contributed by atoms with van der Waals surface area (Å²) in [6.07, 6.45) is 1.12. The Morgan fingerprint density at radius 2 is 2.10 bits per heavy atom. The van der Waals surface area contributed by atoms with Crippen molar-refractivity contribution in [1.29, 1.82) is 0 Å². The van der Waals surface area contributed by atoms with E-state index in [-0.39, 0.29) is 0 Å². The number of nitrogens with zero attached hydrogens (tertiary/aromatic N) is 1. The van der Waals surface area contributed by atoms with E-state index < -0.39 is 0 Å². The zero-order valence-corrected chi connectivity index (χ0v) is 12.2. The lowest BCUT2D eigenvalue weighted by atomic mass is 9.91. The lowest BCUT2D eigenvalue weighted by Crippen LogP contribution is -2.17. The topological polar surface area (TPSA) is 24.9 Å². The predicted molar refractivity (Wildman–Crippen MR) is 85.7 cm³/mol. The van der Waals surface area contributed by atoms with Crippen molar-refractivity contribution in [3.8, 4) is 0 Å². The molecule has 1 N–H and O–H groups in total. The first-order valence-electron chi connectivity index (χ1n) is 7.01. The van der Waals surface area contributed by atoms with Gasteiger partial charge in [-0.25, -0.2) is 4.98 Å². The van der Waals surface area contributed by atoms with Gasteiger partial charge in [0.1, 0.15) is 5.01 Å². The second-order valence-corrected chi connectivity index (χ2v) is 6.44. The van der Waals surface area contributed by atoms with Gasteiger partial charge in [0.2, 0.25) is 0 Å². The zero-order chi connectivity index (χ0) is 13.5. The summed E-state index contributed by atoms with van der Waals surface area (Å²) in [6, 6.07) is 15.1. The highest BCUT2D eigenvalue weighted by Crippen LogP contribution is 2.39. The lowest BCUT2D eigenvalue weighted by molar-refractivity contribution is 0.716. The lowest BCUT2D eigenvalue weighted by Gasteiger charge is -2.25. The minimum atomic E-state index is 0.435. The van der Waals surface area contributed by atoms with Crippen LogP contribution in [0, 0.1) is 6.92 Å². The average molecular weight is 280 g/mol. The molecule has 0 amide bonds. The van der Waals surface area contributed by atoms with Crippen LogP contribution in [0.2, 0.25) is 0 Å². The van der Waals surface area contributed by atoms with Gasteiger partial charge in [-0.1, -0.05) is 24.3 Å². The number of hydrogen-bond donors (Lipinski definition) is 1. The second-order valence-electron chi connectivity index (χ2n) is 5.38. The van der Waals surface area contributed by atoms with Crippen molar-refractivity contribution in [3.05, 3.63) is 58.6 Å². The number of rotatable bonds is 1. The van der Waals surface area contributed by atoms with Crippen LogP contribution >= 0.6 is 11.3 Å². The number of hydrogen-bond acceptors (Lipinski definition) is 3. The molecule has 2 aromatic carbocycles. The molecule has 0 saturated carbocycles. The molecule has 0 aliphatic carbocycles. The SMILES string of the molecule is Cc1ccc2nc(C3CCNc4ccccc43)sc2c1. The monoisotopic (exact) mass is 280 g/mol. The van der Waals surface area contributed by atoms with Crippen LogP contribution in [0.1, 0.15) is 28.5 Å². The van der Waals surface area contributed by atoms with Gasteiger partial charge in [0.25, 0.3) is 0 Å². The summed E-state index contributed by atoms with van der Waals surface area (Å²) >= 11 is 1.84. The molecule has 1 unspecified atom stereocenters. The van der Waals surface area contributed by atoms with E-state index in [1.54, 1.807) is 0 Å². The summed E-state index contributed by atoms with van der Waals surface area (Å²) < 4.78 is 1.30. The Hall–Kier alpha value is -1.87. The minimum absolute atomic E-state index is 0.435. The largest absolute Gasteiger partial charge is 0.385 e. The van der Waals surface area contributed by atoms with E-state index in [4.69, 9.17) is 4.98 Å². The van der Waals surface area contributed by atoms with Gasteiger partial charge in [0.05, 0.1) is 10.2 Å². The molecule has 1 aliphatic heterocycles. The highest BCUT2D eigenvalue weighted by Gasteiger charge is 2.24. The summed E-state index contributed by atoms with van der Waals surface area (Å²) in [4.78, 5) is 4.87. The summed E-state index contributed by atoms with van der Waals surface area (Å²) in [5, 5.41) is 4.73. The van der Waals surface area contributed by atoms with Gasteiger partial charge in [-0.2, -0.15) is 0 Å². The number of anilines is 1. The number of fused-ring (bicyclic) bond motifs is 2. The first-order chi connectivity index (χ1) is 9.81. The van der Waals surface area contributed by atoms with E-state index in [0.29, 0.717) is 5.92 Å². The van der Waals surface area contributed by atoms with Crippen molar-refractivity contribution in [3.63, 3.8) is 0 Å². The Morgan fingerprint density at radius 1 is 1.20 bits per heavy atom. The normalized spacial score (nSPS) is 17.8. The van der Waals surface area contributed by atoms with Crippen molar-refractivity contribution in [2.24, 2.45) is 0 Å². The van der Waals surface area contributed by atoms with E-state index >= 15 is 0 Å². The average Bonchev–Trinajstić information content (AvgIpc) is 2.89. The molecule has 20 heavy (non-hydrogen) atoms. The molecule has 3 aromatic rings. The van der Waals surface area contributed by atoms with Crippen LogP contribution in [-0.4, -0.2) is 11.5 Å². The molecular formula is C17H16N2S. The van der Waals surface area contributed by atoms with E-state index in [2.05, 4.69) is 54.7 Å². The fourth-order valence-electron chi connectivity index (χ4n) is 2.92. The summed E-state index contributed by atoms with van der Waals surface area (Å²) in [6.45, 7) is 3.16. The van der Waals surface area contributed by atoms with E-state index in [1.807, 2.05) is 11.3 Å². The van der Waals surface area contributed by atoms with Crippen LogP contribution in [0.5, 0.6) is 0 Å². The number of nitrogens with one attached hydrogen (secondary N) is 1. The Kier molecular flexibility index (Phi) is 2.74. The van der Waals surface area contributed by atoms with Crippen molar-refractivity contribution in [2.75, 3.05) is 11.9 Å². The van der Waals surface area contributed by atoms with Gasteiger partial charge in [-0.3, -0.25) is 0 Å². The number of aryl methyl sites for hydroxylation is 1. The van der Waals surface area contributed by atoms with Gasteiger partial charge in [0, 0.05) is 18.2 Å². The Labute approximate surface area is 122 Å². The number of aromatic nitrogens is 1. The van der Waals surface area contributed by atoms with Gasteiger partial charge < -0.3 is 5.32 Å². The van der Waals surface area contributed by atoms with Gasteiger partial charge in [-0.05, 0) is 42.7 Å². The summed E-state index contributed by atoms with van der Waals surface area (Å²) in [5.41, 5.74) is 5.08. The third-order valence-electron chi connectivity index (χ3n) is 3.94. The van der Waals surface area contributed by atoms with Crippen LogP contribution < -0.4 is 5.32 Å². The van der Waals surface area contributed by atoms with Crippen molar-refractivity contribution in [2.45, 2.75) is 19.3 Å². The molecule has 2 heterocycles. The second kappa shape index (κ2) is 4.60. The van der Waals surface area contributed by atoms with Crippen LogP contribution in [0.25, 0.3) is 10.2 Å². The Bertz CT molecular complexity index is 776. The standard InChI is InChI=1S/C17H16N2S/c1-11-6-7-15-16(10-11)20-17(19-15)13-8-9-18-14-5-3-2-4-12(13)14/h2-7,10,13,18H,8-9H2,1H3. The molecule has 100 valence electrons. The molecule has 0 radical (unpaired) electrons. The molecule has 0 fully saturated rings. The maximum atomic E-state index is 4.87. The zero-order valence-electron chi connectivity index (χ0n) is 11.4. The fourth-order valence-corrected chi connectivity index (χ4v) is 4.14. The molecule has 0 bridgehead atoms. The molecule has 1 aromatic heterocycles. The third kappa shape index (κ3) is 1.90. The van der Waals surface area contributed by atoms with Gasteiger partial charge >= 0.3 is 0 Å². The molecule has 1 aliphatic rings. The maximum Gasteiger partial charge on any atom is 0.101 e. The quantitative estimate of drug-likeness (QED) is 0.707. The van der Waals surface area contributed by atoms with Crippen LogP contribution in [-0.2, 0) is 0 Å². The molecule has 0 saturated heterocycles. The Morgan fingerprint density at radius 3 is 3.05 bits per heavy atom. The Balaban J connectivity index is 1.84. The maximum absolute atomic E-state index is 4.87. The van der Waals surface area contributed by atoms with Crippen molar-refractivity contribution < 1.29 is 0 Å². The van der Waals surface area contributed by atoms with E-state index in [0.717, 1.165) is 18.5 Å². The van der Waals surface area contributed by atoms with Crippen molar-refractivity contribution in [1.82, 2.24) is 4.98 Å². The number of benzene rings is 2. The number of thiazole rings is 1. The highest BCUT2D eigenvalue weighted by atomic mass is 32.1. The fraction of sp³-hybridized carbons (Fsp3) is 0.235. The van der Waals surface area contributed by atoms with E-state index in [9.17, 15) is 0 Å². The van der Waals surface area contributed by atoms with Crippen LogP contribution in [0.4, 0.5) is 5.69 Å². The molecule has 1 atom stereocenters. The highest BCUT2D eigenvalue weighted by molar-refractivity contribution is 7.18. The van der Waals surface area contributed by atoms with Crippen LogP contribution in [0.15, 0.2) is 42.5 Å². The summed E-state index contributed by atoms with van der Waals surface area (Å²) in [5.74, 6) is 0.435. The molecule has 3 heteroatoms. The van der Waals surface area contributed by atoms with Gasteiger partial charge in [0.15, 0.2) is 0 Å². The van der Waals surface area contributed by atoms with Crippen molar-refractivity contribution >= 4 is 27.2 Å². The smallest absolute Gasteiger partial charge is 0.101 e. The van der Waals surface area contributed by atoms with Crippen LogP contribution in [0.3, 0.4) is 0 Å². The molecule has 4 rings (SSSR count). The molecule has 2 nitrogen and oxygen atoms in total. The summed E-state index contributed by atoms with van der Waals surface area (Å²) in [7, 11) is 0. The molecular weight excluding hydrogens is 264 g/mol. The minimum Gasteiger partial charge on any atom is -0.385 e. The first kappa shape index (κ1) is 11.9. The number of para-hydroxylation sites is 1. The third-order valence-corrected chi connectivity index (χ3v) is 5.08. The van der Waals surface area contributed by atoms with E-state index in [1.165, 1.54) is 26.5 Å². The molecule has 0 spiro atoms. The van der Waals surface area contributed by atoms with Gasteiger partial charge in [-0.15, -0.1) is 11.3 Å². The predicted octanol–water partition coefficient (Wildman–Crippen LogP) is 4.55.